The number of hydrogen-bond acceptors (Lipinski definition) is 6. The standard InChI is InChI=1S/C30H28N4O4/c31-28(34-30(36)38-20-23-9-5-2-6-10-23)24-11-15-26(16-12-24)32-21-33-27-17-13-25(14-18-27)29(35)37-19-22-7-3-1-4-8-22/h1-18,32-33H,19-21H2,(H2,31,34,36). The van der Waals surface area contributed by atoms with Gasteiger partial charge in [-0.25, -0.2) is 9.59 Å². The molecule has 4 rings (SSSR count). The van der Waals surface area contributed by atoms with Gasteiger partial charge >= 0.3 is 12.1 Å². The van der Waals surface area contributed by atoms with Gasteiger partial charge in [-0.15, -0.1) is 0 Å². The number of carbonyl (C=O) groups is 2. The van der Waals surface area contributed by atoms with Gasteiger partial charge in [0.2, 0.25) is 0 Å². The highest BCUT2D eigenvalue weighted by molar-refractivity contribution is 6.02. The van der Waals surface area contributed by atoms with Gasteiger partial charge in [0, 0.05) is 16.9 Å². The van der Waals surface area contributed by atoms with Gasteiger partial charge in [0.15, 0.2) is 0 Å². The van der Waals surface area contributed by atoms with Crippen LogP contribution in [0.5, 0.6) is 0 Å². The quantitative estimate of drug-likeness (QED) is 0.111. The van der Waals surface area contributed by atoms with E-state index in [0.29, 0.717) is 17.8 Å². The van der Waals surface area contributed by atoms with E-state index in [0.717, 1.165) is 22.5 Å². The normalized spacial score (nSPS) is 10.9. The summed E-state index contributed by atoms with van der Waals surface area (Å²) in [5.74, 6) is -0.291. The third kappa shape index (κ3) is 7.96. The number of amides is 1. The maximum absolute atomic E-state index is 12.3. The number of nitrogens with zero attached hydrogens (tertiary/aromatic N) is 1. The largest absolute Gasteiger partial charge is 0.457 e. The number of nitrogens with two attached hydrogens (primary N) is 1. The van der Waals surface area contributed by atoms with Crippen molar-refractivity contribution in [1.82, 2.24) is 0 Å². The van der Waals surface area contributed by atoms with Crippen molar-refractivity contribution >= 4 is 29.3 Å². The average Bonchev–Trinajstić information content (AvgIpc) is 2.96. The Kier molecular flexibility index (Phi) is 9.07. The van der Waals surface area contributed by atoms with Gasteiger partial charge in [-0.05, 0) is 59.7 Å². The Balaban J connectivity index is 1.20. The van der Waals surface area contributed by atoms with E-state index in [1.165, 1.54) is 0 Å². The summed E-state index contributed by atoms with van der Waals surface area (Å²) < 4.78 is 10.5. The molecule has 0 saturated carbocycles. The lowest BCUT2D eigenvalue weighted by Crippen LogP contribution is -2.16. The van der Waals surface area contributed by atoms with Crippen LogP contribution in [0.2, 0.25) is 0 Å². The van der Waals surface area contributed by atoms with E-state index >= 15 is 0 Å². The number of amidine groups is 1. The molecule has 0 spiro atoms. The van der Waals surface area contributed by atoms with Gasteiger partial charge in [0.05, 0.1) is 12.2 Å². The molecule has 8 nitrogen and oxygen atoms in total. The van der Waals surface area contributed by atoms with Gasteiger partial charge in [-0.2, -0.15) is 4.99 Å². The van der Waals surface area contributed by atoms with Crippen LogP contribution >= 0.6 is 0 Å². The molecule has 0 aliphatic heterocycles. The molecule has 4 aromatic carbocycles. The molecule has 0 fully saturated rings. The molecule has 0 saturated heterocycles. The van der Waals surface area contributed by atoms with Gasteiger partial charge in [0.1, 0.15) is 19.0 Å². The number of anilines is 2. The molecule has 0 aliphatic rings. The number of benzene rings is 4. The first kappa shape index (κ1) is 26.0. The lowest BCUT2D eigenvalue weighted by molar-refractivity contribution is 0.0472. The van der Waals surface area contributed by atoms with Crippen LogP contribution in [0.25, 0.3) is 0 Å². The SMILES string of the molecule is N/C(=N\C(=O)OCc1ccccc1)c1ccc(NCNc2ccc(C(=O)OCc3ccccc3)cc2)cc1. The Labute approximate surface area is 221 Å². The molecule has 0 aromatic heterocycles. The maximum Gasteiger partial charge on any atom is 0.435 e. The minimum absolute atomic E-state index is 0.0788. The first-order valence-electron chi connectivity index (χ1n) is 12.0. The fourth-order valence-electron chi connectivity index (χ4n) is 3.45. The van der Waals surface area contributed by atoms with E-state index in [4.69, 9.17) is 15.2 Å². The van der Waals surface area contributed by atoms with Gasteiger partial charge < -0.3 is 25.8 Å². The fourth-order valence-corrected chi connectivity index (χ4v) is 3.45. The summed E-state index contributed by atoms with van der Waals surface area (Å²) in [7, 11) is 0. The zero-order valence-electron chi connectivity index (χ0n) is 20.7. The summed E-state index contributed by atoms with van der Waals surface area (Å²) in [6.07, 6.45) is -0.742. The molecule has 0 unspecified atom stereocenters. The van der Waals surface area contributed by atoms with Crippen LogP contribution in [-0.2, 0) is 22.7 Å². The first-order chi connectivity index (χ1) is 18.6. The number of carbonyl (C=O) groups excluding carboxylic acids is 2. The Bertz CT molecular complexity index is 1360. The van der Waals surface area contributed by atoms with Gasteiger partial charge in [-0.3, -0.25) is 0 Å². The smallest absolute Gasteiger partial charge is 0.435 e. The summed E-state index contributed by atoms with van der Waals surface area (Å²) >= 11 is 0. The maximum atomic E-state index is 12.3. The van der Waals surface area contributed by atoms with Crippen molar-refractivity contribution in [3.8, 4) is 0 Å². The van der Waals surface area contributed by atoms with Crippen molar-refractivity contribution < 1.29 is 19.1 Å². The molecular weight excluding hydrogens is 480 g/mol. The molecule has 8 heteroatoms. The first-order valence-corrected chi connectivity index (χ1v) is 12.0. The van der Waals surface area contributed by atoms with Gasteiger partial charge in [0.25, 0.3) is 0 Å². The Morgan fingerprint density at radius 3 is 1.63 bits per heavy atom. The molecule has 38 heavy (non-hydrogen) atoms. The van der Waals surface area contributed by atoms with Crippen LogP contribution in [0.3, 0.4) is 0 Å². The molecule has 192 valence electrons. The molecule has 0 atom stereocenters. The highest BCUT2D eigenvalue weighted by Crippen LogP contribution is 2.13. The predicted molar refractivity (Wildman–Crippen MR) is 148 cm³/mol. The molecule has 4 N–H and O–H groups in total. The van der Waals surface area contributed by atoms with E-state index in [1.54, 1.807) is 24.3 Å². The number of esters is 1. The zero-order valence-corrected chi connectivity index (χ0v) is 20.7. The fraction of sp³-hybridized carbons (Fsp3) is 0.100. The van der Waals surface area contributed by atoms with E-state index in [2.05, 4.69) is 15.6 Å². The minimum Gasteiger partial charge on any atom is -0.457 e. The molecule has 0 radical (unpaired) electrons. The highest BCUT2D eigenvalue weighted by Gasteiger charge is 2.08. The number of ether oxygens (including phenoxy) is 2. The van der Waals surface area contributed by atoms with Crippen LogP contribution in [0.4, 0.5) is 16.2 Å². The van der Waals surface area contributed by atoms with Crippen LogP contribution in [0, 0.1) is 0 Å². The molecule has 0 bridgehead atoms. The second kappa shape index (κ2) is 13.3. The molecule has 1 amide bonds. The number of nitrogens with one attached hydrogen (secondary N) is 2. The third-order valence-corrected chi connectivity index (χ3v) is 5.52. The lowest BCUT2D eigenvalue weighted by Gasteiger charge is -2.11. The second-order valence-corrected chi connectivity index (χ2v) is 8.28. The number of aliphatic imine (C=N–C) groups is 1. The summed E-state index contributed by atoms with van der Waals surface area (Å²) in [5, 5.41) is 6.47. The number of rotatable bonds is 10. The molecule has 0 heterocycles. The predicted octanol–water partition coefficient (Wildman–Crippen LogP) is 5.57. The molecular formula is C30H28N4O4. The lowest BCUT2D eigenvalue weighted by atomic mass is 10.2. The Morgan fingerprint density at radius 2 is 1.11 bits per heavy atom. The van der Waals surface area contributed by atoms with Crippen LogP contribution in [-0.4, -0.2) is 24.6 Å². The number of hydrogen-bond donors (Lipinski definition) is 3. The molecule has 4 aromatic rings. The van der Waals surface area contributed by atoms with Crippen molar-refractivity contribution in [2.45, 2.75) is 13.2 Å². The molecule has 0 aliphatic carbocycles. The van der Waals surface area contributed by atoms with Crippen molar-refractivity contribution in [1.29, 1.82) is 0 Å². The topological polar surface area (TPSA) is 115 Å². The Morgan fingerprint density at radius 1 is 0.632 bits per heavy atom. The van der Waals surface area contributed by atoms with Crippen LogP contribution < -0.4 is 16.4 Å². The monoisotopic (exact) mass is 508 g/mol. The van der Waals surface area contributed by atoms with Crippen molar-refractivity contribution in [2.24, 2.45) is 10.7 Å². The highest BCUT2D eigenvalue weighted by atomic mass is 16.5. The summed E-state index contributed by atoms with van der Waals surface area (Å²) in [5.41, 5.74) is 10.6. The van der Waals surface area contributed by atoms with Crippen LogP contribution in [0.1, 0.15) is 27.0 Å². The minimum atomic E-state index is -0.742. The van der Waals surface area contributed by atoms with Crippen molar-refractivity contribution in [2.75, 3.05) is 17.3 Å². The van der Waals surface area contributed by atoms with Crippen LogP contribution in [0.15, 0.2) is 114 Å². The zero-order chi connectivity index (χ0) is 26.6. The third-order valence-electron chi connectivity index (χ3n) is 5.52. The second-order valence-electron chi connectivity index (χ2n) is 8.28. The Hall–Kier alpha value is -5.11. The summed E-state index contributed by atoms with van der Waals surface area (Å²) in [6, 6.07) is 33.2. The van der Waals surface area contributed by atoms with Crippen molar-refractivity contribution in [3.63, 3.8) is 0 Å². The summed E-state index contributed by atoms with van der Waals surface area (Å²) in [4.78, 5) is 28.0. The van der Waals surface area contributed by atoms with E-state index in [-0.39, 0.29) is 25.0 Å². The van der Waals surface area contributed by atoms with Crippen molar-refractivity contribution in [3.05, 3.63) is 131 Å². The van der Waals surface area contributed by atoms with E-state index in [1.807, 2.05) is 84.9 Å². The summed E-state index contributed by atoms with van der Waals surface area (Å²) in [6.45, 7) is 0.818. The average molecular weight is 509 g/mol. The van der Waals surface area contributed by atoms with E-state index < -0.39 is 6.09 Å². The van der Waals surface area contributed by atoms with Gasteiger partial charge in [-0.1, -0.05) is 60.7 Å². The van der Waals surface area contributed by atoms with E-state index in [9.17, 15) is 9.59 Å².